The molecule has 1 aromatic carbocycles. The third-order valence-electron chi connectivity index (χ3n) is 5.36. The molecule has 164 valence electrons. The SMILES string of the molecule is CC(C)(C)OC(=O)N1C[C@@H](Nc2ccc(Br)cc2C#N)C[C@H]1C(=O)N1CCCC1C#N. The number of carbonyl (C=O) groups is 2. The highest BCUT2D eigenvalue weighted by molar-refractivity contribution is 9.10. The molecule has 2 saturated heterocycles. The van der Waals surface area contributed by atoms with Gasteiger partial charge in [0.15, 0.2) is 0 Å². The van der Waals surface area contributed by atoms with Gasteiger partial charge in [-0.15, -0.1) is 0 Å². The van der Waals surface area contributed by atoms with Crippen LogP contribution in [-0.2, 0) is 9.53 Å². The predicted molar refractivity (Wildman–Crippen MR) is 118 cm³/mol. The number of halogens is 1. The first-order valence-electron chi connectivity index (χ1n) is 10.3. The van der Waals surface area contributed by atoms with E-state index in [4.69, 9.17) is 4.74 Å². The molecular formula is C22H26BrN5O3. The van der Waals surface area contributed by atoms with Gasteiger partial charge in [-0.05, 0) is 58.2 Å². The summed E-state index contributed by atoms with van der Waals surface area (Å²) in [5, 5.41) is 22.1. The Morgan fingerprint density at radius 2 is 2.00 bits per heavy atom. The van der Waals surface area contributed by atoms with Crippen LogP contribution in [0.2, 0.25) is 0 Å². The van der Waals surface area contributed by atoms with Crippen molar-refractivity contribution in [3.8, 4) is 12.1 Å². The molecule has 1 aromatic rings. The number of hydrogen-bond acceptors (Lipinski definition) is 6. The fourth-order valence-corrected chi connectivity index (χ4v) is 4.37. The van der Waals surface area contributed by atoms with Crippen LogP contribution < -0.4 is 5.32 Å². The summed E-state index contributed by atoms with van der Waals surface area (Å²) >= 11 is 3.36. The number of rotatable bonds is 3. The highest BCUT2D eigenvalue weighted by atomic mass is 79.9. The van der Waals surface area contributed by atoms with E-state index in [0.717, 1.165) is 10.9 Å². The van der Waals surface area contributed by atoms with Crippen molar-refractivity contribution in [1.82, 2.24) is 9.80 Å². The Kier molecular flexibility index (Phi) is 6.76. The maximum atomic E-state index is 13.3. The summed E-state index contributed by atoms with van der Waals surface area (Å²) in [5.41, 5.74) is 0.416. The van der Waals surface area contributed by atoms with Crippen molar-refractivity contribution in [1.29, 1.82) is 10.5 Å². The maximum Gasteiger partial charge on any atom is 0.411 e. The van der Waals surface area contributed by atoms with Crippen molar-refractivity contribution in [2.24, 2.45) is 0 Å². The first-order chi connectivity index (χ1) is 14.6. The van der Waals surface area contributed by atoms with Crippen LogP contribution in [0, 0.1) is 22.7 Å². The lowest BCUT2D eigenvalue weighted by molar-refractivity contribution is -0.135. The summed E-state index contributed by atoms with van der Waals surface area (Å²) in [6, 6.07) is 8.26. The Morgan fingerprint density at radius 1 is 1.26 bits per heavy atom. The van der Waals surface area contributed by atoms with Crippen molar-refractivity contribution in [3.63, 3.8) is 0 Å². The third-order valence-corrected chi connectivity index (χ3v) is 5.85. The monoisotopic (exact) mass is 487 g/mol. The molecule has 8 nitrogen and oxygen atoms in total. The van der Waals surface area contributed by atoms with Crippen LogP contribution in [0.15, 0.2) is 22.7 Å². The average Bonchev–Trinajstić information content (AvgIpc) is 3.34. The molecule has 2 fully saturated rings. The molecule has 0 bridgehead atoms. The zero-order valence-electron chi connectivity index (χ0n) is 17.9. The Morgan fingerprint density at radius 3 is 2.65 bits per heavy atom. The molecule has 0 spiro atoms. The van der Waals surface area contributed by atoms with Gasteiger partial charge in [0.25, 0.3) is 0 Å². The number of benzene rings is 1. The van der Waals surface area contributed by atoms with Crippen LogP contribution in [0.4, 0.5) is 10.5 Å². The first-order valence-corrected chi connectivity index (χ1v) is 11.1. The van der Waals surface area contributed by atoms with Gasteiger partial charge in [0.05, 0.1) is 17.3 Å². The number of nitrogens with one attached hydrogen (secondary N) is 1. The Hall–Kier alpha value is -2.78. The molecule has 2 amide bonds. The van der Waals surface area contributed by atoms with Crippen LogP contribution in [0.5, 0.6) is 0 Å². The highest BCUT2D eigenvalue weighted by Gasteiger charge is 2.45. The number of carbonyl (C=O) groups excluding carboxylic acids is 2. The summed E-state index contributed by atoms with van der Waals surface area (Å²) < 4.78 is 6.33. The third kappa shape index (κ3) is 5.29. The van der Waals surface area contributed by atoms with E-state index < -0.39 is 23.8 Å². The maximum absolute atomic E-state index is 13.3. The number of hydrogen-bond donors (Lipinski definition) is 1. The van der Waals surface area contributed by atoms with Gasteiger partial charge in [-0.3, -0.25) is 9.69 Å². The van der Waals surface area contributed by atoms with E-state index in [0.29, 0.717) is 30.6 Å². The number of nitriles is 2. The summed E-state index contributed by atoms with van der Waals surface area (Å²) in [6.07, 6.45) is 1.23. The van der Waals surface area contributed by atoms with E-state index >= 15 is 0 Å². The fourth-order valence-electron chi connectivity index (χ4n) is 4.01. The van der Waals surface area contributed by atoms with Crippen LogP contribution in [-0.4, -0.2) is 58.6 Å². The smallest absolute Gasteiger partial charge is 0.411 e. The quantitative estimate of drug-likeness (QED) is 0.696. The lowest BCUT2D eigenvalue weighted by atomic mass is 10.1. The Labute approximate surface area is 190 Å². The van der Waals surface area contributed by atoms with Crippen molar-refractivity contribution in [3.05, 3.63) is 28.2 Å². The molecule has 3 atom stereocenters. The zero-order valence-corrected chi connectivity index (χ0v) is 19.5. The topological polar surface area (TPSA) is 109 Å². The molecule has 2 aliphatic rings. The summed E-state index contributed by atoms with van der Waals surface area (Å²) in [4.78, 5) is 29.2. The first kappa shape index (κ1) is 22.9. The van der Waals surface area contributed by atoms with Crippen LogP contribution in [0.1, 0.15) is 45.6 Å². The van der Waals surface area contributed by atoms with Gasteiger partial charge in [0.2, 0.25) is 5.91 Å². The summed E-state index contributed by atoms with van der Waals surface area (Å²) in [5.74, 6) is -0.226. The van der Waals surface area contributed by atoms with Gasteiger partial charge in [-0.1, -0.05) is 15.9 Å². The molecule has 31 heavy (non-hydrogen) atoms. The molecule has 3 rings (SSSR count). The van der Waals surface area contributed by atoms with E-state index in [9.17, 15) is 20.1 Å². The Bertz CT molecular complexity index is 946. The molecule has 0 aliphatic carbocycles. The predicted octanol–water partition coefficient (Wildman–Crippen LogP) is 3.63. The van der Waals surface area contributed by atoms with Crippen molar-refractivity contribution in [2.75, 3.05) is 18.4 Å². The molecule has 9 heteroatoms. The lowest BCUT2D eigenvalue weighted by Crippen LogP contribution is -2.50. The molecule has 1 unspecified atom stereocenters. The molecular weight excluding hydrogens is 462 g/mol. The molecule has 0 aromatic heterocycles. The molecule has 0 radical (unpaired) electrons. The van der Waals surface area contributed by atoms with Gasteiger partial charge in [0.1, 0.15) is 23.8 Å². The molecule has 1 N–H and O–H groups in total. The Balaban J connectivity index is 1.83. The zero-order chi connectivity index (χ0) is 22.8. The van der Waals surface area contributed by atoms with Crippen molar-refractivity contribution < 1.29 is 14.3 Å². The lowest BCUT2D eigenvalue weighted by Gasteiger charge is -2.30. The van der Waals surface area contributed by atoms with E-state index in [2.05, 4.69) is 33.4 Å². The fraction of sp³-hybridized carbons (Fsp3) is 0.545. The average molecular weight is 488 g/mol. The van der Waals surface area contributed by atoms with Gasteiger partial charge < -0.3 is 15.0 Å². The van der Waals surface area contributed by atoms with Crippen LogP contribution >= 0.6 is 15.9 Å². The van der Waals surface area contributed by atoms with Crippen molar-refractivity contribution >= 4 is 33.6 Å². The molecule has 2 heterocycles. The van der Waals surface area contributed by atoms with Gasteiger partial charge in [0, 0.05) is 23.6 Å². The number of likely N-dealkylation sites (tertiary alicyclic amines) is 2. The molecule has 0 saturated carbocycles. The number of anilines is 1. The number of ether oxygens (including phenoxy) is 1. The second-order valence-corrected chi connectivity index (χ2v) is 9.76. The number of nitrogens with zero attached hydrogens (tertiary/aromatic N) is 4. The standard InChI is InChI=1S/C22H26BrN5O3/c1-22(2,3)31-21(30)28-13-16(26-18-7-6-15(23)9-14(18)11-24)10-19(28)20(29)27-8-4-5-17(27)12-25/h6-7,9,16-17,19,26H,4-5,8,10,13H2,1-3H3/t16-,17?,19-/m0/s1. The minimum atomic E-state index is -0.720. The van der Waals surface area contributed by atoms with E-state index in [-0.39, 0.29) is 18.5 Å². The minimum absolute atomic E-state index is 0.226. The van der Waals surface area contributed by atoms with E-state index in [1.807, 2.05) is 6.07 Å². The van der Waals surface area contributed by atoms with Gasteiger partial charge in [-0.25, -0.2) is 4.79 Å². The van der Waals surface area contributed by atoms with Gasteiger partial charge >= 0.3 is 6.09 Å². The normalized spacial score (nSPS) is 23.2. The van der Waals surface area contributed by atoms with Crippen LogP contribution in [0.3, 0.4) is 0 Å². The second kappa shape index (κ2) is 9.15. The van der Waals surface area contributed by atoms with Gasteiger partial charge in [-0.2, -0.15) is 10.5 Å². The van der Waals surface area contributed by atoms with E-state index in [1.54, 1.807) is 37.8 Å². The summed E-state index contributed by atoms with van der Waals surface area (Å²) in [6.45, 7) is 6.11. The minimum Gasteiger partial charge on any atom is -0.444 e. The highest BCUT2D eigenvalue weighted by Crippen LogP contribution is 2.29. The number of amides is 2. The van der Waals surface area contributed by atoms with Crippen LogP contribution in [0.25, 0.3) is 0 Å². The molecule has 2 aliphatic heterocycles. The van der Waals surface area contributed by atoms with Crippen molar-refractivity contribution in [2.45, 2.75) is 63.8 Å². The summed E-state index contributed by atoms with van der Waals surface area (Å²) in [7, 11) is 0. The largest absolute Gasteiger partial charge is 0.444 e. The second-order valence-electron chi connectivity index (χ2n) is 8.85. The van der Waals surface area contributed by atoms with E-state index in [1.165, 1.54) is 4.90 Å².